The molecule has 0 bridgehead atoms. The van der Waals surface area contributed by atoms with E-state index in [1.54, 1.807) is 13.2 Å². The van der Waals surface area contributed by atoms with Crippen molar-refractivity contribution in [3.8, 4) is 17.2 Å². The van der Waals surface area contributed by atoms with Crippen molar-refractivity contribution in [2.45, 2.75) is 32.8 Å². The van der Waals surface area contributed by atoms with E-state index < -0.39 is 5.60 Å². The Morgan fingerprint density at radius 2 is 2.16 bits per heavy atom. The summed E-state index contributed by atoms with van der Waals surface area (Å²) >= 11 is 0. The summed E-state index contributed by atoms with van der Waals surface area (Å²) in [5.74, 6) is 0.901. The predicted octanol–water partition coefficient (Wildman–Crippen LogP) is 3.02. The lowest BCUT2D eigenvalue weighted by atomic mass is 10.0. The van der Waals surface area contributed by atoms with Crippen molar-refractivity contribution in [1.82, 2.24) is 10.1 Å². The van der Waals surface area contributed by atoms with Crippen molar-refractivity contribution in [2.24, 2.45) is 0 Å². The Hall–Kier alpha value is -1.88. The molecule has 1 aromatic carbocycles. The third-order valence-electron chi connectivity index (χ3n) is 3.41. The minimum atomic E-state index is -0.582. The minimum Gasteiger partial charge on any atom is -0.507 e. The molecule has 2 aromatic rings. The second kappa shape index (κ2) is 5.01. The van der Waals surface area contributed by atoms with E-state index in [1.807, 2.05) is 32.9 Å². The van der Waals surface area contributed by atoms with Crippen LogP contribution in [-0.4, -0.2) is 22.4 Å². The number of aromatic nitrogens is 2. The van der Waals surface area contributed by atoms with Gasteiger partial charge in [-0.2, -0.15) is 4.98 Å². The second-order valence-electron chi connectivity index (χ2n) is 4.73. The van der Waals surface area contributed by atoms with Crippen molar-refractivity contribution in [2.75, 3.05) is 7.11 Å². The number of hydrogen-bond acceptors (Lipinski definition) is 5. The van der Waals surface area contributed by atoms with Gasteiger partial charge in [-0.05, 0) is 32.4 Å². The van der Waals surface area contributed by atoms with Crippen molar-refractivity contribution in [1.29, 1.82) is 0 Å². The molecule has 1 N–H and O–H groups in total. The molecule has 0 aliphatic rings. The number of phenolic OH excluding ortho intramolecular Hbond substituents is 1. The Morgan fingerprint density at radius 3 is 2.79 bits per heavy atom. The van der Waals surface area contributed by atoms with Gasteiger partial charge in [-0.15, -0.1) is 0 Å². The summed E-state index contributed by atoms with van der Waals surface area (Å²) in [5.41, 5.74) is 0.965. The molecule has 5 heteroatoms. The van der Waals surface area contributed by atoms with Crippen molar-refractivity contribution in [3.05, 3.63) is 29.6 Å². The fourth-order valence-corrected chi connectivity index (χ4v) is 1.76. The highest BCUT2D eigenvalue weighted by Crippen LogP contribution is 2.32. The molecule has 1 aromatic heterocycles. The highest BCUT2D eigenvalue weighted by atomic mass is 16.5. The van der Waals surface area contributed by atoms with Gasteiger partial charge >= 0.3 is 0 Å². The third kappa shape index (κ3) is 2.46. The standard InChI is InChI=1S/C14H18N2O3/c1-5-14(3,18-4)13-15-12(19-16-13)10-8-9(2)6-7-11(10)17/h6-8,17H,5H2,1-4H3. The molecule has 1 unspecified atom stereocenters. The van der Waals surface area contributed by atoms with Gasteiger partial charge in [0.05, 0.1) is 5.56 Å². The molecular formula is C14H18N2O3. The van der Waals surface area contributed by atoms with Crippen LogP contribution in [0, 0.1) is 6.92 Å². The van der Waals surface area contributed by atoms with Gasteiger partial charge in [0, 0.05) is 7.11 Å². The quantitative estimate of drug-likeness (QED) is 0.917. The third-order valence-corrected chi connectivity index (χ3v) is 3.41. The molecule has 0 radical (unpaired) electrons. The Morgan fingerprint density at radius 1 is 1.42 bits per heavy atom. The van der Waals surface area contributed by atoms with Crippen LogP contribution in [0.4, 0.5) is 0 Å². The molecular weight excluding hydrogens is 244 g/mol. The summed E-state index contributed by atoms with van der Waals surface area (Å²) in [6, 6.07) is 5.24. The lowest BCUT2D eigenvalue weighted by molar-refractivity contribution is -0.0106. The molecule has 0 amide bonds. The SMILES string of the molecule is CCC(C)(OC)c1noc(-c2cc(C)ccc2O)n1. The van der Waals surface area contributed by atoms with Gasteiger partial charge in [-0.1, -0.05) is 23.7 Å². The van der Waals surface area contributed by atoms with Gasteiger partial charge in [0.2, 0.25) is 5.82 Å². The predicted molar refractivity (Wildman–Crippen MR) is 70.8 cm³/mol. The molecule has 1 heterocycles. The molecule has 0 saturated heterocycles. The molecule has 0 fully saturated rings. The first kappa shape index (κ1) is 13.5. The highest BCUT2D eigenvalue weighted by molar-refractivity contribution is 5.63. The van der Waals surface area contributed by atoms with E-state index in [0.29, 0.717) is 17.3 Å². The molecule has 19 heavy (non-hydrogen) atoms. The summed E-state index contributed by atoms with van der Waals surface area (Å²) in [6.45, 7) is 5.83. The highest BCUT2D eigenvalue weighted by Gasteiger charge is 2.30. The molecule has 102 valence electrons. The average Bonchev–Trinajstić information content (AvgIpc) is 2.90. The van der Waals surface area contributed by atoms with Crippen LogP contribution in [-0.2, 0) is 10.3 Å². The van der Waals surface area contributed by atoms with Crippen LogP contribution in [0.3, 0.4) is 0 Å². The van der Waals surface area contributed by atoms with Crippen LogP contribution in [0.1, 0.15) is 31.7 Å². The number of rotatable bonds is 4. The zero-order valence-corrected chi connectivity index (χ0v) is 11.6. The molecule has 2 rings (SSSR count). The van der Waals surface area contributed by atoms with E-state index in [1.165, 1.54) is 0 Å². The number of aromatic hydroxyl groups is 1. The van der Waals surface area contributed by atoms with Gasteiger partial charge in [-0.25, -0.2) is 0 Å². The Bertz CT molecular complexity index is 574. The Kier molecular flexibility index (Phi) is 3.57. The summed E-state index contributed by atoms with van der Waals surface area (Å²) < 4.78 is 10.7. The number of phenols is 1. The van der Waals surface area contributed by atoms with Crippen LogP contribution in [0.15, 0.2) is 22.7 Å². The molecule has 0 aliphatic carbocycles. The van der Waals surface area contributed by atoms with Crippen LogP contribution in [0.25, 0.3) is 11.5 Å². The maximum atomic E-state index is 9.86. The first-order valence-corrected chi connectivity index (χ1v) is 6.19. The van der Waals surface area contributed by atoms with Gasteiger partial charge in [-0.3, -0.25) is 0 Å². The van der Waals surface area contributed by atoms with E-state index in [9.17, 15) is 5.11 Å². The van der Waals surface area contributed by atoms with Gasteiger partial charge in [0.15, 0.2) is 0 Å². The van der Waals surface area contributed by atoms with Crippen molar-refractivity contribution in [3.63, 3.8) is 0 Å². The minimum absolute atomic E-state index is 0.122. The number of hydrogen-bond donors (Lipinski definition) is 1. The largest absolute Gasteiger partial charge is 0.507 e. The topological polar surface area (TPSA) is 68.4 Å². The number of nitrogens with zero attached hydrogens (tertiary/aromatic N) is 2. The number of aryl methyl sites for hydroxylation is 1. The van der Waals surface area contributed by atoms with Crippen LogP contribution < -0.4 is 0 Å². The number of ether oxygens (including phenoxy) is 1. The summed E-state index contributed by atoms with van der Waals surface area (Å²) in [7, 11) is 1.61. The lowest BCUT2D eigenvalue weighted by Gasteiger charge is -2.21. The maximum absolute atomic E-state index is 9.86. The molecule has 5 nitrogen and oxygen atoms in total. The zero-order valence-electron chi connectivity index (χ0n) is 11.6. The van der Waals surface area contributed by atoms with Crippen LogP contribution in [0.2, 0.25) is 0 Å². The van der Waals surface area contributed by atoms with Crippen molar-refractivity contribution >= 4 is 0 Å². The fourth-order valence-electron chi connectivity index (χ4n) is 1.76. The van der Waals surface area contributed by atoms with Crippen LogP contribution >= 0.6 is 0 Å². The first-order valence-electron chi connectivity index (χ1n) is 6.19. The van der Waals surface area contributed by atoms with Gasteiger partial charge in [0.1, 0.15) is 11.4 Å². The Balaban J connectivity index is 2.44. The van der Waals surface area contributed by atoms with E-state index in [4.69, 9.17) is 9.26 Å². The normalized spacial score (nSPS) is 14.3. The second-order valence-corrected chi connectivity index (χ2v) is 4.73. The zero-order chi connectivity index (χ0) is 14.0. The maximum Gasteiger partial charge on any atom is 0.261 e. The molecule has 1 atom stereocenters. The van der Waals surface area contributed by atoms with Crippen molar-refractivity contribution < 1.29 is 14.4 Å². The van der Waals surface area contributed by atoms with E-state index in [-0.39, 0.29) is 5.75 Å². The van der Waals surface area contributed by atoms with Gasteiger partial charge in [0.25, 0.3) is 5.89 Å². The van der Waals surface area contributed by atoms with E-state index in [0.717, 1.165) is 12.0 Å². The van der Waals surface area contributed by atoms with E-state index >= 15 is 0 Å². The van der Waals surface area contributed by atoms with Crippen LogP contribution in [0.5, 0.6) is 5.75 Å². The molecule has 0 aliphatic heterocycles. The number of benzene rings is 1. The first-order chi connectivity index (χ1) is 9.00. The summed E-state index contributed by atoms with van der Waals surface area (Å²) in [5, 5.41) is 13.8. The average molecular weight is 262 g/mol. The smallest absolute Gasteiger partial charge is 0.261 e. The fraction of sp³-hybridized carbons (Fsp3) is 0.429. The lowest BCUT2D eigenvalue weighted by Crippen LogP contribution is -2.24. The number of methoxy groups -OCH3 is 1. The molecule has 0 saturated carbocycles. The summed E-state index contributed by atoms with van der Waals surface area (Å²) in [6.07, 6.45) is 0.724. The van der Waals surface area contributed by atoms with E-state index in [2.05, 4.69) is 10.1 Å². The summed E-state index contributed by atoms with van der Waals surface area (Å²) in [4.78, 5) is 4.33. The Labute approximate surface area is 112 Å². The monoisotopic (exact) mass is 262 g/mol. The molecule has 0 spiro atoms. The van der Waals surface area contributed by atoms with Gasteiger partial charge < -0.3 is 14.4 Å².